The third-order valence-corrected chi connectivity index (χ3v) is 3.81. The second kappa shape index (κ2) is 8.83. The number of ketones is 1. The number of carbonyl (C=O) groups excluding carboxylic acids is 1. The van der Waals surface area contributed by atoms with Crippen LogP contribution in [-0.2, 0) is 11.2 Å². The minimum Gasteiger partial charge on any atom is -0.321 e. The van der Waals surface area contributed by atoms with E-state index in [9.17, 15) is 4.79 Å². The number of hydrogen-bond acceptors (Lipinski definition) is 2. The molecule has 0 unspecified atom stereocenters. The molecule has 0 heterocycles. The maximum Gasteiger partial charge on any atom is 0.155 e. The van der Waals surface area contributed by atoms with E-state index in [-0.39, 0.29) is 12.6 Å². The van der Waals surface area contributed by atoms with Crippen LogP contribution in [0, 0.1) is 5.41 Å². The Kier molecular flexibility index (Phi) is 7.44. The summed E-state index contributed by atoms with van der Waals surface area (Å²) in [5.74, 6) is 0.115. The van der Waals surface area contributed by atoms with Crippen LogP contribution < -0.4 is 5.73 Å². The highest BCUT2D eigenvalue weighted by molar-refractivity contribution is 5.88. The van der Waals surface area contributed by atoms with Crippen molar-refractivity contribution in [1.82, 2.24) is 0 Å². The van der Waals surface area contributed by atoms with Gasteiger partial charge in [0, 0.05) is 6.84 Å². The smallest absolute Gasteiger partial charge is 0.155 e. The zero-order valence-corrected chi connectivity index (χ0v) is 15.2. The van der Waals surface area contributed by atoms with Crippen LogP contribution in [0.3, 0.4) is 0 Å². The molecule has 0 spiro atoms. The fraction of sp³-hybridized carbons (Fsp3) is 0.476. The van der Waals surface area contributed by atoms with Gasteiger partial charge in [-0.1, -0.05) is 77.1 Å². The third-order valence-electron chi connectivity index (χ3n) is 3.81. The lowest BCUT2D eigenvalue weighted by Crippen LogP contribution is -2.40. The zero-order chi connectivity index (χ0) is 17.5. The predicted octanol–water partition coefficient (Wildman–Crippen LogP) is 5.18. The highest BCUT2D eigenvalue weighted by Gasteiger charge is 2.26. The van der Waals surface area contributed by atoms with Crippen molar-refractivity contribution in [2.75, 3.05) is 0 Å². The van der Waals surface area contributed by atoms with Crippen molar-refractivity contribution in [3.05, 3.63) is 53.6 Å². The molecule has 0 radical (unpaired) electrons. The van der Waals surface area contributed by atoms with Gasteiger partial charge in [-0.3, -0.25) is 4.79 Å². The molecule has 2 rings (SSSR count). The summed E-state index contributed by atoms with van der Waals surface area (Å²) in [4.78, 5) is 12.1. The summed E-state index contributed by atoms with van der Waals surface area (Å²) >= 11 is 0. The first-order valence-corrected chi connectivity index (χ1v) is 8.64. The molecule has 1 atom stereocenters. The van der Waals surface area contributed by atoms with E-state index >= 15 is 0 Å². The van der Waals surface area contributed by atoms with Gasteiger partial charge in [0.1, 0.15) is 0 Å². The fourth-order valence-electron chi connectivity index (χ4n) is 2.56. The summed E-state index contributed by atoms with van der Waals surface area (Å²) in [6, 6.07) is 7.96. The highest BCUT2D eigenvalue weighted by atomic mass is 16.1. The van der Waals surface area contributed by atoms with Crippen molar-refractivity contribution in [1.29, 1.82) is 0 Å². The summed E-state index contributed by atoms with van der Waals surface area (Å²) in [5.41, 5.74) is 9.29. The minimum absolute atomic E-state index is 0. The largest absolute Gasteiger partial charge is 0.321 e. The summed E-state index contributed by atoms with van der Waals surface area (Å²) in [6.07, 6.45) is 9.49. The van der Waals surface area contributed by atoms with Crippen molar-refractivity contribution >= 4 is 11.4 Å². The molecule has 23 heavy (non-hydrogen) atoms. The van der Waals surface area contributed by atoms with E-state index in [4.69, 9.17) is 5.73 Å². The molecule has 2 N–H and O–H groups in total. The average Bonchev–Trinajstić information content (AvgIpc) is 2.56. The maximum atomic E-state index is 12.1. The fourth-order valence-corrected chi connectivity index (χ4v) is 2.56. The van der Waals surface area contributed by atoms with Crippen molar-refractivity contribution < 1.29 is 6.22 Å². The molecule has 0 saturated heterocycles. The topological polar surface area (TPSA) is 43.1 Å². The van der Waals surface area contributed by atoms with Crippen molar-refractivity contribution in [3.63, 3.8) is 0 Å². The molecule has 0 saturated carbocycles. The zero-order valence-electron chi connectivity index (χ0n) is 15.2. The van der Waals surface area contributed by atoms with E-state index in [1.165, 1.54) is 11.1 Å². The first kappa shape index (κ1) is 19.4. The third kappa shape index (κ3) is 5.80. The second-order valence-electron chi connectivity index (χ2n) is 6.76. The number of carbonyl (C=O) groups is 1. The number of allylic oxidation sites excluding steroid dienone is 4. The molecule has 0 aliphatic heterocycles. The van der Waals surface area contributed by atoms with Crippen molar-refractivity contribution in [2.24, 2.45) is 11.1 Å². The first-order chi connectivity index (χ1) is 10.9. The lowest BCUT2D eigenvalue weighted by atomic mass is 9.84. The van der Waals surface area contributed by atoms with Gasteiger partial charge in [0.15, 0.2) is 5.78 Å². The van der Waals surface area contributed by atoms with E-state index < -0.39 is 6.04 Å². The van der Waals surface area contributed by atoms with Gasteiger partial charge in [-0.25, -0.2) is 0 Å². The van der Waals surface area contributed by atoms with Crippen molar-refractivity contribution in [3.8, 4) is 0 Å². The normalized spacial score (nSPS) is 15.3. The van der Waals surface area contributed by atoms with E-state index in [1.807, 2.05) is 34.6 Å². The quantitative estimate of drug-likeness (QED) is 0.832. The summed E-state index contributed by atoms with van der Waals surface area (Å²) in [5, 5.41) is 0. The second-order valence-corrected chi connectivity index (χ2v) is 6.76. The van der Waals surface area contributed by atoms with Crippen LogP contribution in [0.25, 0.3) is 5.57 Å². The molecule has 128 valence electrons. The van der Waals surface area contributed by atoms with Gasteiger partial charge < -0.3 is 5.73 Å². The summed E-state index contributed by atoms with van der Waals surface area (Å²) in [7, 11) is 0. The Labute approximate surface area is 143 Å². The van der Waals surface area contributed by atoms with E-state index in [1.54, 1.807) is 0 Å². The highest BCUT2D eigenvalue weighted by Crippen LogP contribution is 2.22. The molecule has 1 aliphatic carbocycles. The molecule has 0 amide bonds. The number of rotatable bonds is 4. The SMILES string of the molecule is CC.CC(C)(C)C(=O)[C@@H](N)Cc1ccc(C2=CCCC=C2)cc1.[HH]. The van der Waals surface area contributed by atoms with Gasteiger partial charge in [-0.05, 0) is 36.0 Å². The van der Waals surface area contributed by atoms with Crippen LogP contribution in [0.1, 0.15) is 60.0 Å². The molecule has 0 aromatic heterocycles. The van der Waals surface area contributed by atoms with Gasteiger partial charge >= 0.3 is 0 Å². The molecule has 1 aromatic rings. The number of hydrogen-bond donors (Lipinski definition) is 1. The van der Waals surface area contributed by atoms with Crippen LogP contribution in [0.2, 0.25) is 0 Å². The molecule has 2 heteroatoms. The van der Waals surface area contributed by atoms with Gasteiger partial charge in [0.25, 0.3) is 0 Å². The van der Waals surface area contributed by atoms with Crippen LogP contribution in [0.5, 0.6) is 0 Å². The Bertz CT molecular complexity index is 564. The Morgan fingerprint density at radius 1 is 1.17 bits per heavy atom. The lowest BCUT2D eigenvalue weighted by Gasteiger charge is -2.21. The van der Waals surface area contributed by atoms with Crippen LogP contribution in [0.15, 0.2) is 42.5 Å². The van der Waals surface area contributed by atoms with Gasteiger partial charge in [-0.2, -0.15) is 0 Å². The van der Waals surface area contributed by atoms with Gasteiger partial charge in [0.05, 0.1) is 6.04 Å². The standard InChI is InChI=1S/C19H25NO.C2H6.H2/c1-19(2,3)18(21)17(20)13-14-9-11-16(12-10-14)15-7-5-4-6-8-15;1-2;/h5,7-12,17H,4,6,13,20H2,1-3H3;1-2H3;1H/t17-;;/m0../s1. The maximum absolute atomic E-state index is 12.1. The Hall–Kier alpha value is -1.67. The molecular formula is C21H33NO. The molecule has 0 bridgehead atoms. The van der Waals surface area contributed by atoms with Crippen LogP contribution in [0.4, 0.5) is 0 Å². The van der Waals surface area contributed by atoms with Gasteiger partial charge in [0.2, 0.25) is 0 Å². The van der Waals surface area contributed by atoms with Crippen molar-refractivity contribution in [2.45, 2.75) is 59.9 Å². The molecule has 1 aromatic carbocycles. The number of nitrogens with two attached hydrogens (primary N) is 1. The monoisotopic (exact) mass is 315 g/mol. The number of benzene rings is 1. The number of Topliss-reactive ketones (excluding diaryl/α,β-unsaturated/α-hetero) is 1. The van der Waals surface area contributed by atoms with Crippen LogP contribution in [-0.4, -0.2) is 11.8 Å². The van der Waals surface area contributed by atoms with E-state index in [0.29, 0.717) is 6.42 Å². The molecular weight excluding hydrogens is 282 g/mol. The first-order valence-electron chi connectivity index (χ1n) is 8.64. The summed E-state index contributed by atoms with van der Waals surface area (Å²) in [6.45, 7) is 9.75. The summed E-state index contributed by atoms with van der Waals surface area (Å²) < 4.78 is 0. The minimum atomic E-state index is -0.426. The molecule has 1 aliphatic rings. The lowest BCUT2D eigenvalue weighted by molar-refractivity contribution is -0.127. The Morgan fingerprint density at radius 3 is 2.26 bits per heavy atom. The van der Waals surface area contributed by atoms with Crippen LogP contribution >= 0.6 is 0 Å². The average molecular weight is 316 g/mol. The molecule has 0 fully saturated rings. The Balaban J connectivity index is 0.00000170. The van der Waals surface area contributed by atoms with E-state index in [0.717, 1.165) is 18.4 Å². The molecule has 2 nitrogen and oxygen atoms in total. The van der Waals surface area contributed by atoms with Gasteiger partial charge in [-0.15, -0.1) is 0 Å². The van der Waals surface area contributed by atoms with E-state index in [2.05, 4.69) is 42.5 Å². The Morgan fingerprint density at radius 2 is 1.78 bits per heavy atom. The predicted molar refractivity (Wildman–Crippen MR) is 102 cm³/mol.